The number of anilines is 1. The minimum atomic E-state index is -0.0546. The van der Waals surface area contributed by atoms with Crippen molar-refractivity contribution in [2.24, 2.45) is 7.05 Å². The molecule has 102 valence electrons. The largest absolute Gasteiger partial charge is 0.382 e. The van der Waals surface area contributed by atoms with Crippen LogP contribution in [0.2, 0.25) is 0 Å². The number of benzene rings is 1. The third kappa shape index (κ3) is 1.91. The summed E-state index contributed by atoms with van der Waals surface area (Å²) in [4.78, 5) is 12.0. The number of nitrogens with two attached hydrogens (primary N) is 1. The van der Waals surface area contributed by atoms with Crippen LogP contribution in [-0.4, -0.2) is 19.3 Å². The number of nitrogens with zero attached hydrogens (tertiary/aromatic N) is 3. The molecular formula is C14H15N5O. The number of nitrogen functional groups attached to an aromatic ring is 1. The van der Waals surface area contributed by atoms with Crippen LogP contribution >= 0.6 is 0 Å². The van der Waals surface area contributed by atoms with Gasteiger partial charge in [-0.15, -0.1) is 0 Å². The first kappa shape index (κ1) is 12.3. The van der Waals surface area contributed by atoms with Gasteiger partial charge in [0.1, 0.15) is 5.82 Å². The van der Waals surface area contributed by atoms with Crippen LogP contribution in [0.15, 0.2) is 41.3 Å². The van der Waals surface area contributed by atoms with E-state index in [0.29, 0.717) is 5.82 Å². The minimum Gasteiger partial charge on any atom is -0.382 e. The number of hydrogen-bond donors (Lipinski definition) is 2. The van der Waals surface area contributed by atoms with Gasteiger partial charge in [-0.2, -0.15) is 5.10 Å². The Bertz CT molecular complexity index is 807. The van der Waals surface area contributed by atoms with Crippen LogP contribution in [0.1, 0.15) is 5.69 Å². The van der Waals surface area contributed by atoms with Gasteiger partial charge in [-0.05, 0) is 24.6 Å². The molecule has 0 fully saturated rings. The zero-order valence-corrected chi connectivity index (χ0v) is 11.3. The number of H-pyrrole nitrogens is 1. The van der Waals surface area contributed by atoms with Gasteiger partial charge in [0.15, 0.2) is 0 Å². The number of aryl methyl sites for hydroxylation is 2. The first-order valence-electron chi connectivity index (χ1n) is 6.23. The number of imidazole rings is 1. The van der Waals surface area contributed by atoms with Gasteiger partial charge >= 0.3 is 5.69 Å². The lowest BCUT2D eigenvalue weighted by Crippen LogP contribution is -2.21. The van der Waals surface area contributed by atoms with Crippen molar-refractivity contribution in [3.05, 3.63) is 52.7 Å². The average molecular weight is 269 g/mol. The minimum absolute atomic E-state index is 0.0546. The van der Waals surface area contributed by atoms with Crippen molar-refractivity contribution in [1.82, 2.24) is 19.3 Å². The van der Waals surface area contributed by atoms with E-state index in [1.807, 2.05) is 37.4 Å². The van der Waals surface area contributed by atoms with Crippen molar-refractivity contribution in [2.75, 3.05) is 5.73 Å². The highest BCUT2D eigenvalue weighted by atomic mass is 16.1. The van der Waals surface area contributed by atoms with Crippen molar-refractivity contribution < 1.29 is 0 Å². The SMILES string of the molecule is Cc1cn(C)c(=O)n1-c1ccc(-c2cc(N)n[nH]2)cc1. The monoisotopic (exact) mass is 269 g/mol. The zero-order chi connectivity index (χ0) is 14.3. The van der Waals surface area contributed by atoms with Gasteiger partial charge in [0.2, 0.25) is 0 Å². The fourth-order valence-corrected chi connectivity index (χ4v) is 2.29. The Morgan fingerprint density at radius 2 is 1.95 bits per heavy atom. The molecule has 3 rings (SSSR count). The van der Waals surface area contributed by atoms with Crippen LogP contribution < -0.4 is 11.4 Å². The molecule has 20 heavy (non-hydrogen) atoms. The van der Waals surface area contributed by atoms with Crippen LogP contribution in [0.5, 0.6) is 0 Å². The lowest BCUT2D eigenvalue weighted by molar-refractivity contribution is 0.821. The maximum atomic E-state index is 12.0. The zero-order valence-electron chi connectivity index (χ0n) is 11.3. The molecule has 0 unspecified atom stereocenters. The third-order valence-corrected chi connectivity index (χ3v) is 3.26. The van der Waals surface area contributed by atoms with Crippen molar-refractivity contribution in [3.63, 3.8) is 0 Å². The summed E-state index contributed by atoms with van der Waals surface area (Å²) in [5.74, 6) is 0.458. The first-order valence-corrected chi connectivity index (χ1v) is 6.23. The first-order chi connectivity index (χ1) is 9.56. The second-order valence-electron chi connectivity index (χ2n) is 4.75. The molecule has 0 radical (unpaired) electrons. The summed E-state index contributed by atoms with van der Waals surface area (Å²) >= 11 is 0. The van der Waals surface area contributed by atoms with E-state index in [9.17, 15) is 4.79 Å². The highest BCUT2D eigenvalue weighted by Gasteiger charge is 2.08. The summed E-state index contributed by atoms with van der Waals surface area (Å²) < 4.78 is 3.24. The lowest BCUT2D eigenvalue weighted by atomic mass is 10.1. The molecule has 0 aliphatic rings. The predicted molar refractivity (Wildman–Crippen MR) is 77.7 cm³/mol. The fraction of sp³-hybridized carbons (Fsp3) is 0.143. The summed E-state index contributed by atoms with van der Waals surface area (Å²) in [6, 6.07) is 9.44. The van der Waals surface area contributed by atoms with E-state index in [2.05, 4.69) is 10.2 Å². The molecule has 0 amide bonds. The molecule has 0 atom stereocenters. The standard InChI is InChI=1S/C14H15N5O/c1-9-8-18(2)14(20)19(9)11-5-3-10(4-6-11)12-7-13(15)17-16-12/h3-8H,1-2H3,(H3,15,16,17). The Morgan fingerprint density at radius 1 is 1.25 bits per heavy atom. The van der Waals surface area contributed by atoms with E-state index in [1.165, 1.54) is 0 Å². The summed E-state index contributed by atoms with van der Waals surface area (Å²) in [6.07, 6.45) is 1.81. The van der Waals surface area contributed by atoms with Gasteiger partial charge in [-0.1, -0.05) is 12.1 Å². The van der Waals surface area contributed by atoms with Gasteiger partial charge in [-0.3, -0.25) is 9.67 Å². The molecule has 2 aromatic heterocycles. The van der Waals surface area contributed by atoms with Crippen molar-refractivity contribution >= 4 is 5.82 Å². The summed E-state index contributed by atoms with van der Waals surface area (Å²) in [5.41, 5.74) is 9.10. The molecule has 6 nitrogen and oxygen atoms in total. The molecule has 3 aromatic rings. The Morgan fingerprint density at radius 3 is 2.45 bits per heavy atom. The topological polar surface area (TPSA) is 81.6 Å². The second kappa shape index (κ2) is 4.41. The van der Waals surface area contributed by atoms with Crippen LogP contribution in [0.4, 0.5) is 5.82 Å². The molecular weight excluding hydrogens is 254 g/mol. The molecule has 0 saturated carbocycles. The molecule has 6 heteroatoms. The Kier molecular flexibility index (Phi) is 2.71. The number of aromatic nitrogens is 4. The highest BCUT2D eigenvalue weighted by molar-refractivity contribution is 5.63. The van der Waals surface area contributed by atoms with E-state index >= 15 is 0 Å². The maximum Gasteiger partial charge on any atom is 0.332 e. The quantitative estimate of drug-likeness (QED) is 0.739. The van der Waals surface area contributed by atoms with Crippen LogP contribution in [-0.2, 0) is 7.05 Å². The Hall–Kier alpha value is -2.76. The van der Waals surface area contributed by atoms with Gasteiger partial charge in [-0.25, -0.2) is 4.79 Å². The molecule has 1 aromatic carbocycles. The number of aromatic amines is 1. The van der Waals surface area contributed by atoms with Crippen molar-refractivity contribution in [2.45, 2.75) is 6.92 Å². The third-order valence-electron chi connectivity index (χ3n) is 3.26. The van der Waals surface area contributed by atoms with E-state index < -0.39 is 0 Å². The van der Waals surface area contributed by atoms with Crippen LogP contribution in [0.25, 0.3) is 16.9 Å². The molecule has 0 aliphatic carbocycles. The maximum absolute atomic E-state index is 12.0. The smallest absolute Gasteiger partial charge is 0.332 e. The van der Waals surface area contributed by atoms with E-state index in [0.717, 1.165) is 22.6 Å². The molecule has 0 spiro atoms. The van der Waals surface area contributed by atoms with E-state index in [-0.39, 0.29) is 5.69 Å². The van der Waals surface area contributed by atoms with Crippen molar-refractivity contribution in [3.8, 4) is 16.9 Å². The molecule has 0 bridgehead atoms. The fourth-order valence-electron chi connectivity index (χ4n) is 2.29. The van der Waals surface area contributed by atoms with Crippen LogP contribution in [0.3, 0.4) is 0 Å². The van der Waals surface area contributed by atoms with Gasteiger partial charge in [0, 0.05) is 25.0 Å². The second-order valence-corrected chi connectivity index (χ2v) is 4.75. The Balaban J connectivity index is 2.03. The molecule has 0 aliphatic heterocycles. The van der Waals surface area contributed by atoms with Crippen LogP contribution in [0, 0.1) is 6.92 Å². The molecule has 2 heterocycles. The summed E-state index contributed by atoms with van der Waals surface area (Å²) in [6.45, 7) is 1.91. The number of rotatable bonds is 2. The lowest BCUT2D eigenvalue weighted by Gasteiger charge is -2.05. The molecule has 0 saturated heterocycles. The van der Waals surface area contributed by atoms with Gasteiger partial charge < -0.3 is 10.3 Å². The van der Waals surface area contributed by atoms with Crippen molar-refractivity contribution in [1.29, 1.82) is 0 Å². The summed E-state index contributed by atoms with van der Waals surface area (Å²) in [5, 5.41) is 6.76. The number of hydrogen-bond acceptors (Lipinski definition) is 3. The van der Waals surface area contributed by atoms with Gasteiger partial charge in [0.25, 0.3) is 0 Å². The van der Waals surface area contributed by atoms with E-state index in [4.69, 9.17) is 5.73 Å². The highest BCUT2D eigenvalue weighted by Crippen LogP contribution is 2.20. The van der Waals surface area contributed by atoms with Gasteiger partial charge in [0.05, 0.1) is 11.4 Å². The normalized spacial score (nSPS) is 10.9. The average Bonchev–Trinajstić information content (AvgIpc) is 2.95. The number of nitrogens with one attached hydrogen (secondary N) is 1. The molecule has 3 N–H and O–H groups in total. The van der Waals surface area contributed by atoms with E-state index in [1.54, 1.807) is 22.2 Å². The predicted octanol–water partition coefficient (Wildman–Crippen LogP) is 1.46. The summed E-state index contributed by atoms with van der Waals surface area (Å²) in [7, 11) is 1.74. The Labute approximate surface area is 115 Å².